The first kappa shape index (κ1) is 11.5. The maximum Gasteiger partial charge on any atom is 0.141 e. The largest absolute Gasteiger partial charge is 0.490 e. The molecular weight excluding hydrogens is 214 g/mol. The molecule has 1 aromatic carbocycles. The van der Waals surface area contributed by atoms with Crippen molar-refractivity contribution in [2.45, 2.75) is 26.9 Å². The molecule has 3 N–H and O–H groups in total. The Balaban J connectivity index is 2.45. The van der Waals surface area contributed by atoms with E-state index in [9.17, 15) is 0 Å². The molecule has 4 heteroatoms. The molecule has 0 amide bonds. The summed E-state index contributed by atoms with van der Waals surface area (Å²) < 4.78 is 5.75. The number of rotatable bonds is 3. The van der Waals surface area contributed by atoms with Gasteiger partial charge in [0.1, 0.15) is 11.6 Å². The number of ether oxygens (including phenoxy) is 1. The molecule has 0 fully saturated rings. The summed E-state index contributed by atoms with van der Waals surface area (Å²) in [5, 5.41) is 0. The van der Waals surface area contributed by atoms with Gasteiger partial charge in [-0.15, -0.1) is 0 Å². The molecule has 1 heterocycles. The number of nitrogen functional groups attached to an aromatic ring is 1. The number of nitrogens with zero attached hydrogens (tertiary/aromatic N) is 1. The van der Waals surface area contributed by atoms with Crippen LogP contribution in [0.2, 0.25) is 0 Å². The van der Waals surface area contributed by atoms with Gasteiger partial charge < -0.3 is 15.5 Å². The molecule has 0 atom stereocenters. The quantitative estimate of drug-likeness (QED) is 0.798. The molecule has 1 aromatic heterocycles. The number of hydrogen-bond donors (Lipinski definition) is 2. The Morgan fingerprint density at radius 2 is 2.12 bits per heavy atom. The average Bonchev–Trinajstić information content (AvgIpc) is 2.64. The lowest BCUT2D eigenvalue weighted by Gasteiger charge is -2.13. The summed E-state index contributed by atoms with van der Waals surface area (Å²) in [6.45, 7) is 5.92. The van der Waals surface area contributed by atoms with Crippen LogP contribution in [0, 0.1) is 6.92 Å². The fourth-order valence-electron chi connectivity index (χ4n) is 1.64. The van der Waals surface area contributed by atoms with E-state index in [4.69, 9.17) is 10.5 Å². The highest BCUT2D eigenvalue weighted by atomic mass is 16.5. The van der Waals surface area contributed by atoms with Gasteiger partial charge in [-0.1, -0.05) is 0 Å². The Bertz CT molecular complexity index is 517. The van der Waals surface area contributed by atoms with E-state index in [-0.39, 0.29) is 6.10 Å². The van der Waals surface area contributed by atoms with Crippen molar-refractivity contribution < 1.29 is 4.74 Å². The number of aromatic amines is 1. The molecule has 0 bridgehead atoms. The van der Waals surface area contributed by atoms with Crippen LogP contribution in [-0.2, 0) is 0 Å². The van der Waals surface area contributed by atoms with Gasteiger partial charge in [-0.05, 0) is 32.9 Å². The summed E-state index contributed by atoms with van der Waals surface area (Å²) >= 11 is 0. The van der Waals surface area contributed by atoms with E-state index in [0.717, 1.165) is 22.8 Å². The van der Waals surface area contributed by atoms with Crippen molar-refractivity contribution in [3.63, 3.8) is 0 Å². The number of hydrogen-bond acceptors (Lipinski definition) is 3. The Morgan fingerprint density at radius 1 is 1.35 bits per heavy atom. The summed E-state index contributed by atoms with van der Waals surface area (Å²) in [4.78, 5) is 7.53. The Labute approximate surface area is 101 Å². The smallest absolute Gasteiger partial charge is 0.141 e. The molecule has 0 unspecified atom stereocenters. The minimum Gasteiger partial charge on any atom is -0.490 e. The van der Waals surface area contributed by atoms with Crippen LogP contribution >= 0.6 is 0 Å². The van der Waals surface area contributed by atoms with E-state index in [0.29, 0.717) is 5.69 Å². The van der Waals surface area contributed by atoms with Gasteiger partial charge >= 0.3 is 0 Å². The number of benzene rings is 1. The molecule has 90 valence electrons. The lowest BCUT2D eigenvalue weighted by molar-refractivity contribution is 0.243. The minimum atomic E-state index is 0.103. The molecule has 0 aliphatic heterocycles. The van der Waals surface area contributed by atoms with Gasteiger partial charge in [-0.3, -0.25) is 0 Å². The number of anilines is 1. The highest BCUT2D eigenvalue weighted by molar-refractivity contribution is 5.68. The van der Waals surface area contributed by atoms with Crippen LogP contribution in [0.5, 0.6) is 5.75 Å². The number of nitrogens with two attached hydrogens (primary N) is 1. The number of imidazole rings is 1. The molecule has 0 aliphatic rings. The summed E-state index contributed by atoms with van der Waals surface area (Å²) in [5.41, 5.74) is 8.35. The highest BCUT2D eigenvalue weighted by Crippen LogP contribution is 2.30. The lowest BCUT2D eigenvalue weighted by atomic mass is 10.1. The van der Waals surface area contributed by atoms with Gasteiger partial charge in [-0.2, -0.15) is 0 Å². The van der Waals surface area contributed by atoms with E-state index in [2.05, 4.69) is 9.97 Å². The first-order valence-electron chi connectivity index (χ1n) is 5.65. The lowest BCUT2D eigenvalue weighted by Crippen LogP contribution is -2.07. The third-order valence-electron chi connectivity index (χ3n) is 2.33. The predicted molar refractivity (Wildman–Crippen MR) is 68.9 cm³/mol. The Morgan fingerprint density at radius 3 is 2.71 bits per heavy atom. The summed E-state index contributed by atoms with van der Waals surface area (Å²) in [7, 11) is 0. The number of nitrogens with one attached hydrogen (secondary N) is 1. The van der Waals surface area contributed by atoms with Crippen LogP contribution < -0.4 is 10.5 Å². The second-order valence-corrected chi connectivity index (χ2v) is 4.31. The fourth-order valence-corrected chi connectivity index (χ4v) is 1.64. The molecule has 0 aliphatic carbocycles. The standard InChI is InChI=1S/C13H17N3O/c1-8(2)17-12-6-10(14)4-5-11(12)13-15-7-9(3)16-13/h4-8H,14H2,1-3H3,(H,15,16). The minimum absolute atomic E-state index is 0.103. The zero-order chi connectivity index (χ0) is 12.4. The van der Waals surface area contributed by atoms with Crippen molar-refractivity contribution in [1.82, 2.24) is 9.97 Å². The van der Waals surface area contributed by atoms with Crippen molar-refractivity contribution in [3.05, 3.63) is 30.1 Å². The van der Waals surface area contributed by atoms with Crippen molar-refractivity contribution in [2.24, 2.45) is 0 Å². The molecule has 2 rings (SSSR count). The maximum atomic E-state index is 5.78. The Hall–Kier alpha value is -1.97. The second kappa shape index (κ2) is 4.49. The molecule has 4 nitrogen and oxygen atoms in total. The normalized spacial score (nSPS) is 10.8. The third kappa shape index (κ3) is 2.58. The van der Waals surface area contributed by atoms with Crippen LogP contribution in [0.1, 0.15) is 19.5 Å². The third-order valence-corrected chi connectivity index (χ3v) is 2.33. The zero-order valence-corrected chi connectivity index (χ0v) is 10.3. The van der Waals surface area contributed by atoms with Gasteiger partial charge in [0.05, 0.1) is 17.4 Å². The first-order chi connectivity index (χ1) is 8.06. The predicted octanol–water partition coefficient (Wildman–Crippen LogP) is 2.75. The molecular formula is C13H17N3O. The van der Waals surface area contributed by atoms with Crippen molar-refractivity contribution in [1.29, 1.82) is 0 Å². The molecule has 2 aromatic rings. The monoisotopic (exact) mass is 231 g/mol. The van der Waals surface area contributed by atoms with Crippen molar-refractivity contribution >= 4 is 5.69 Å². The summed E-state index contributed by atoms with van der Waals surface area (Å²) in [6.07, 6.45) is 1.97. The Kier molecular flexibility index (Phi) is 3.04. The van der Waals surface area contributed by atoms with Gasteiger partial charge in [0.15, 0.2) is 0 Å². The van der Waals surface area contributed by atoms with Crippen molar-refractivity contribution in [3.8, 4) is 17.1 Å². The highest BCUT2D eigenvalue weighted by Gasteiger charge is 2.11. The summed E-state index contributed by atoms with van der Waals surface area (Å²) in [5.74, 6) is 1.56. The second-order valence-electron chi connectivity index (χ2n) is 4.31. The topological polar surface area (TPSA) is 63.9 Å². The van der Waals surface area contributed by atoms with Gasteiger partial charge in [0.2, 0.25) is 0 Å². The van der Waals surface area contributed by atoms with Crippen LogP contribution in [0.3, 0.4) is 0 Å². The van der Waals surface area contributed by atoms with E-state index in [1.807, 2.05) is 45.2 Å². The maximum absolute atomic E-state index is 5.78. The molecule has 0 spiro atoms. The van der Waals surface area contributed by atoms with Gasteiger partial charge in [0.25, 0.3) is 0 Å². The van der Waals surface area contributed by atoms with E-state index in [1.165, 1.54) is 0 Å². The SMILES string of the molecule is Cc1c[nH]c(-c2ccc(N)cc2OC(C)C)n1. The van der Waals surface area contributed by atoms with E-state index < -0.39 is 0 Å². The summed E-state index contributed by atoms with van der Waals surface area (Å²) in [6, 6.07) is 5.60. The van der Waals surface area contributed by atoms with Crippen LogP contribution in [0.4, 0.5) is 5.69 Å². The fraction of sp³-hybridized carbons (Fsp3) is 0.308. The number of aromatic nitrogens is 2. The first-order valence-corrected chi connectivity index (χ1v) is 5.65. The number of H-pyrrole nitrogens is 1. The van der Waals surface area contributed by atoms with Crippen molar-refractivity contribution in [2.75, 3.05) is 5.73 Å². The molecule has 0 saturated carbocycles. The van der Waals surface area contributed by atoms with E-state index in [1.54, 1.807) is 0 Å². The molecule has 17 heavy (non-hydrogen) atoms. The van der Waals surface area contributed by atoms with Gasteiger partial charge in [0, 0.05) is 18.0 Å². The average molecular weight is 231 g/mol. The zero-order valence-electron chi connectivity index (χ0n) is 10.3. The number of aryl methyl sites for hydroxylation is 1. The van der Waals surface area contributed by atoms with Crippen LogP contribution in [0.25, 0.3) is 11.4 Å². The molecule has 0 saturated heterocycles. The van der Waals surface area contributed by atoms with E-state index >= 15 is 0 Å². The molecule has 0 radical (unpaired) electrons. The van der Waals surface area contributed by atoms with Crippen LogP contribution in [-0.4, -0.2) is 16.1 Å². The van der Waals surface area contributed by atoms with Crippen LogP contribution in [0.15, 0.2) is 24.4 Å². The van der Waals surface area contributed by atoms with Gasteiger partial charge in [-0.25, -0.2) is 4.98 Å².